The van der Waals surface area contributed by atoms with E-state index < -0.39 is 71.1 Å². The van der Waals surface area contributed by atoms with E-state index in [9.17, 15) is 48.6 Å². The van der Waals surface area contributed by atoms with Crippen LogP contribution in [0.1, 0.15) is 84.8 Å². The van der Waals surface area contributed by atoms with Gasteiger partial charge in [0.15, 0.2) is 34.6 Å². The standard InChI is InChI=1S/C45H41N3O12/c1-24(2)60-42-30(13-17-33(41(42)55)37(51)19-25-5-9-29(10-6-25)45(58)59)21-36(50)27-7-3-26(4-8-27)20-38(52)34(23-40(46)54)48-43(56)28-11-15-32(16-12-28)47-44(57)31-14-18-35(49)39(53)22-31/h3-13,15-18,22,24,34,49,55H,14,19-21,23H2,1-2H3,(H2,46,54)(H,47,57)(H,48,56)(H,58,59)/t34-/m0/s1. The number of anilines is 1. The Morgan fingerprint density at radius 1 is 0.733 bits per heavy atom. The van der Waals surface area contributed by atoms with E-state index in [2.05, 4.69) is 10.6 Å². The van der Waals surface area contributed by atoms with Crippen molar-refractivity contribution in [3.8, 4) is 11.5 Å². The van der Waals surface area contributed by atoms with Crippen molar-refractivity contribution in [1.82, 2.24) is 5.32 Å². The number of rotatable bonds is 18. The third-order valence-corrected chi connectivity index (χ3v) is 9.31. The molecule has 0 aliphatic heterocycles. The lowest BCUT2D eigenvalue weighted by atomic mass is 9.95. The quantitative estimate of drug-likeness (QED) is 0.0741. The van der Waals surface area contributed by atoms with Gasteiger partial charge in [-0.15, -0.1) is 0 Å². The van der Waals surface area contributed by atoms with Crippen LogP contribution in [0, 0.1) is 0 Å². The zero-order valence-electron chi connectivity index (χ0n) is 32.5. The van der Waals surface area contributed by atoms with Crippen LogP contribution in [0.5, 0.6) is 11.5 Å². The third-order valence-electron chi connectivity index (χ3n) is 9.31. The summed E-state index contributed by atoms with van der Waals surface area (Å²) >= 11 is 0. The highest BCUT2D eigenvalue weighted by Crippen LogP contribution is 2.36. The topological polar surface area (TPSA) is 257 Å². The summed E-state index contributed by atoms with van der Waals surface area (Å²) in [6.07, 6.45) is 0.871. The maximum Gasteiger partial charge on any atom is 0.335 e. The number of aromatic carboxylic acids is 1. The van der Waals surface area contributed by atoms with Crippen LogP contribution in [0.2, 0.25) is 0 Å². The minimum absolute atomic E-state index is 0.0235. The molecule has 5 rings (SSSR count). The predicted octanol–water partition coefficient (Wildman–Crippen LogP) is 4.79. The zero-order chi connectivity index (χ0) is 43.7. The Morgan fingerprint density at radius 3 is 1.92 bits per heavy atom. The van der Waals surface area contributed by atoms with E-state index in [1.807, 2.05) is 0 Å². The number of benzene rings is 4. The lowest BCUT2D eigenvalue weighted by Crippen LogP contribution is -2.44. The summed E-state index contributed by atoms with van der Waals surface area (Å²) in [7, 11) is 0. The molecule has 15 nitrogen and oxygen atoms in total. The van der Waals surface area contributed by atoms with Crippen molar-refractivity contribution in [2.24, 2.45) is 5.73 Å². The van der Waals surface area contributed by atoms with E-state index in [1.54, 1.807) is 26.0 Å². The van der Waals surface area contributed by atoms with E-state index >= 15 is 0 Å². The molecule has 0 unspecified atom stereocenters. The van der Waals surface area contributed by atoms with E-state index in [0.717, 1.165) is 6.08 Å². The average molecular weight is 816 g/mol. The Kier molecular flexibility index (Phi) is 13.9. The summed E-state index contributed by atoms with van der Waals surface area (Å²) in [6.45, 7) is 3.44. The van der Waals surface area contributed by atoms with Crippen LogP contribution in [0.3, 0.4) is 0 Å². The van der Waals surface area contributed by atoms with Gasteiger partial charge in [-0.25, -0.2) is 4.79 Å². The molecule has 3 amide bonds. The van der Waals surface area contributed by atoms with Gasteiger partial charge in [-0.1, -0.05) is 42.5 Å². The van der Waals surface area contributed by atoms with Crippen LogP contribution in [0.25, 0.3) is 0 Å². The first-order valence-corrected chi connectivity index (χ1v) is 18.7. The number of nitrogens with two attached hydrogens (primary N) is 1. The summed E-state index contributed by atoms with van der Waals surface area (Å²) < 4.78 is 5.86. The van der Waals surface area contributed by atoms with Crippen molar-refractivity contribution in [3.05, 3.63) is 147 Å². The fraction of sp³-hybridized carbons (Fsp3) is 0.200. The molecule has 1 aliphatic carbocycles. The second-order valence-electron chi connectivity index (χ2n) is 14.2. The second kappa shape index (κ2) is 19.2. The molecule has 1 aliphatic rings. The first kappa shape index (κ1) is 43.4. The molecule has 4 aromatic carbocycles. The highest BCUT2D eigenvalue weighted by molar-refractivity contribution is 6.13. The van der Waals surface area contributed by atoms with Gasteiger partial charge in [0.1, 0.15) is 0 Å². The van der Waals surface area contributed by atoms with Gasteiger partial charge >= 0.3 is 5.97 Å². The molecule has 60 heavy (non-hydrogen) atoms. The van der Waals surface area contributed by atoms with Gasteiger partial charge in [-0.05, 0) is 86.0 Å². The minimum atomic E-state index is -1.28. The molecule has 0 aromatic heterocycles. The molecule has 15 heteroatoms. The number of allylic oxidation sites excluding steroid dienone is 2. The number of ether oxygens (including phenoxy) is 1. The molecule has 0 bridgehead atoms. The molecule has 4 aromatic rings. The lowest BCUT2D eigenvalue weighted by Gasteiger charge is -2.18. The van der Waals surface area contributed by atoms with Crippen molar-refractivity contribution >= 4 is 52.5 Å². The number of amides is 3. The van der Waals surface area contributed by atoms with Crippen molar-refractivity contribution in [2.75, 3.05) is 5.32 Å². The first-order chi connectivity index (χ1) is 28.5. The Bertz CT molecular complexity index is 2430. The Hall–Kier alpha value is -7.68. The molecule has 0 radical (unpaired) electrons. The summed E-state index contributed by atoms with van der Waals surface area (Å²) in [5, 5.41) is 34.9. The molecule has 0 fully saturated rings. The average Bonchev–Trinajstić information content (AvgIpc) is 3.20. The number of nitrogens with one attached hydrogen (secondary N) is 2. The van der Waals surface area contributed by atoms with E-state index in [4.69, 9.17) is 15.6 Å². The maximum absolute atomic E-state index is 13.4. The summed E-state index contributed by atoms with van der Waals surface area (Å²) in [4.78, 5) is 100. The number of carboxylic acid groups (broad SMARTS) is 1. The van der Waals surface area contributed by atoms with Gasteiger partial charge in [0, 0.05) is 47.2 Å². The maximum atomic E-state index is 13.4. The van der Waals surface area contributed by atoms with Gasteiger partial charge in [0.05, 0.1) is 29.7 Å². The van der Waals surface area contributed by atoms with Crippen LogP contribution < -0.4 is 21.1 Å². The molecule has 0 saturated heterocycles. The summed E-state index contributed by atoms with van der Waals surface area (Å²) in [5.41, 5.74) is 7.60. The SMILES string of the molecule is CC(C)Oc1c(CC(=O)c2ccc(CC(=O)[C@H](CC(N)=O)NC(=O)c3ccc(NC(=O)C4=CC(=O)C(O)=CC4)cc3)cc2)ccc(C(=O)Cc2ccc(C(=O)O)cc2)c1O. The number of aliphatic hydroxyl groups excluding tert-OH is 1. The Labute approximate surface area is 343 Å². The van der Waals surface area contributed by atoms with Gasteiger partial charge in [-0.3, -0.25) is 33.6 Å². The van der Waals surface area contributed by atoms with Crippen molar-refractivity contribution in [3.63, 3.8) is 0 Å². The van der Waals surface area contributed by atoms with Crippen LogP contribution in [0.15, 0.2) is 108 Å². The third kappa shape index (κ3) is 11.2. The number of carbonyl (C=O) groups excluding carboxylic acids is 7. The van der Waals surface area contributed by atoms with Crippen molar-refractivity contribution in [1.29, 1.82) is 0 Å². The molecule has 1 atom stereocenters. The van der Waals surface area contributed by atoms with E-state index in [0.29, 0.717) is 22.4 Å². The smallest absolute Gasteiger partial charge is 0.335 e. The van der Waals surface area contributed by atoms with Gasteiger partial charge in [0.2, 0.25) is 11.7 Å². The predicted molar refractivity (Wildman–Crippen MR) is 217 cm³/mol. The number of hydrogen-bond acceptors (Lipinski definition) is 11. The van der Waals surface area contributed by atoms with Gasteiger partial charge < -0.3 is 36.4 Å². The number of phenolic OH excluding ortho intramolecular Hbond substituents is 1. The molecular formula is C45H41N3O12. The van der Waals surface area contributed by atoms with Crippen LogP contribution in [0.4, 0.5) is 5.69 Å². The number of ketones is 4. The number of phenols is 1. The largest absolute Gasteiger partial charge is 0.504 e. The van der Waals surface area contributed by atoms with Crippen LogP contribution in [-0.2, 0) is 38.4 Å². The summed E-state index contributed by atoms with van der Waals surface area (Å²) in [5.74, 6) is -6.10. The normalized spacial score (nSPS) is 12.8. The number of carbonyl (C=O) groups is 8. The monoisotopic (exact) mass is 815 g/mol. The van der Waals surface area contributed by atoms with Crippen LogP contribution >= 0.6 is 0 Å². The second-order valence-corrected chi connectivity index (χ2v) is 14.2. The molecule has 0 heterocycles. The molecule has 0 saturated carbocycles. The van der Waals surface area contributed by atoms with E-state index in [1.165, 1.54) is 78.9 Å². The highest BCUT2D eigenvalue weighted by Gasteiger charge is 2.25. The minimum Gasteiger partial charge on any atom is -0.504 e. The first-order valence-electron chi connectivity index (χ1n) is 18.7. The number of Topliss-reactive ketones (excluding diaryl/α,β-unsaturated/α-hetero) is 3. The van der Waals surface area contributed by atoms with Crippen LogP contribution in [-0.4, -0.2) is 74.3 Å². The number of primary amides is 1. The molecule has 0 spiro atoms. The Morgan fingerprint density at radius 2 is 1.33 bits per heavy atom. The Balaban J connectivity index is 1.21. The number of aromatic hydroxyl groups is 1. The lowest BCUT2D eigenvalue weighted by molar-refractivity contribution is -0.125. The van der Waals surface area contributed by atoms with E-state index in [-0.39, 0.29) is 65.0 Å². The number of hydrogen-bond donors (Lipinski definition) is 6. The molecular weight excluding hydrogens is 775 g/mol. The van der Waals surface area contributed by atoms with Crippen molar-refractivity contribution in [2.45, 2.75) is 58.1 Å². The highest BCUT2D eigenvalue weighted by atomic mass is 16.5. The van der Waals surface area contributed by atoms with Crippen molar-refractivity contribution < 1.29 is 58.4 Å². The summed E-state index contributed by atoms with van der Waals surface area (Å²) in [6, 6.07) is 19.2. The zero-order valence-corrected chi connectivity index (χ0v) is 32.5. The van der Waals surface area contributed by atoms with Gasteiger partial charge in [-0.2, -0.15) is 0 Å². The molecule has 7 N–H and O–H groups in total. The molecule has 308 valence electrons. The fourth-order valence-corrected chi connectivity index (χ4v) is 6.16. The fourth-order valence-electron chi connectivity index (χ4n) is 6.16. The number of carboxylic acids is 1. The van der Waals surface area contributed by atoms with Gasteiger partial charge in [0.25, 0.3) is 11.8 Å². The number of aliphatic hydroxyl groups is 1.